The number of nitrogens with zero attached hydrogens (tertiary/aromatic N) is 2. The Morgan fingerprint density at radius 3 is 2.88 bits per heavy atom. The molecular weight excluding hydrogens is 210 g/mol. The van der Waals surface area contributed by atoms with Gasteiger partial charge in [-0.15, -0.1) is 0 Å². The van der Waals surface area contributed by atoms with E-state index in [1.165, 1.54) is 17.1 Å². The van der Waals surface area contributed by atoms with Gasteiger partial charge in [0.25, 0.3) is 0 Å². The standard InChI is InChI=1S/C10H15N3O3/c1-2-3-4-11-9(14)7-13-6-8(5-12-13)10(15)16/h5-6H,2-4,7H2,1H3,(H,11,14)(H,15,16). The van der Waals surface area contributed by atoms with Crippen molar-refractivity contribution in [1.82, 2.24) is 15.1 Å². The number of hydrogen-bond acceptors (Lipinski definition) is 3. The second-order valence-electron chi connectivity index (χ2n) is 3.44. The predicted octanol–water partition coefficient (Wildman–Crippen LogP) is 0.498. The van der Waals surface area contributed by atoms with E-state index in [4.69, 9.17) is 5.11 Å². The fourth-order valence-electron chi connectivity index (χ4n) is 1.17. The first-order valence-corrected chi connectivity index (χ1v) is 5.16. The molecule has 6 heteroatoms. The molecule has 88 valence electrons. The van der Waals surface area contributed by atoms with Crippen LogP contribution in [0.5, 0.6) is 0 Å². The van der Waals surface area contributed by atoms with E-state index in [2.05, 4.69) is 10.4 Å². The molecule has 1 heterocycles. The van der Waals surface area contributed by atoms with Crippen LogP contribution in [0.3, 0.4) is 0 Å². The lowest BCUT2D eigenvalue weighted by Crippen LogP contribution is -2.28. The van der Waals surface area contributed by atoms with E-state index in [-0.39, 0.29) is 18.0 Å². The van der Waals surface area contributed by atoms with Gasteiger partial charge in [0.1, 0.15) is 6.54 Å². The fraction of sp³-hybridized carbons (Fsp3) is 0.500. The molecule has 1 aromatic heterocycles. The van der Waals surface area contributed by atoms with Crippen LogP contribution in [-0.2, 0) is 11.3 Å². The average Bonchev–Trinajstić information content (AvgIpc) is 2.66. The number of aromatic carboxylic acids is 1. The van der Waals surface area contributed by atoms with Gasteiger partial charge in [0, 0.05) is 12.7 Å². The quantitative estimate of drug-likeness (QED) is 0.690. The van der Waals surface area contributed by atoms with Gasteiger partial charge in [-0.3, -0.25) is 9.48 Å². The van der Waals surface area contributed by atoms with E-state index in [1.54, 1.807) is 0 Å². The second-order valence-corrected chi connectivity index (χ2v) is 3.44. The monoisotopic (exact) mass is 225 g/mol. The number of hydrogen-bond donors (Lipinski definition) is 2. The Labute approximate surface area is 93.3 Å². The fourth-order valence-corrected chi connectivity index (χ4v) is 1.17. The molecule has 0 radical (unpaired) electrons. The van der Waals surface area contributed by atoms with Crippen LogP contribution in [0.25, 0.3) is 0 Å². The molecule has 0 saturated heterocycles. The maximum Gasteiger partial charge on any atom is 0.338 e. The summed E-state index contributed by atoms with van der Waals surface area (Å²) in [5, 5.41) is 15.2. The molecule has 16 heavy (non-hydrogen) atoms. The lowest BCUT2D eigenvalue weighted by Gasteiger charge is -2.03. The average molecular weight is 225 g/mol. The molecule has 6 nitrogen and oxygen atoms in total. The number of unbranched alkanes of at least 4 members (excludes halogenated alkanes) is 1. The summed E-state index contributed by atoms with van der Waals surface area (Å²) in [4.78, 5) is 21.9. The number of carbonyl (C=O) groups excluding carboxylic acids is 1. The van der Waals surface area contributed by atoms with Crippen LogP contribution in [0.2, 0.25) is 0 Å². The largest absolute Gasteiger partial charge is 0.478 e. The van der Waals surface area contributed by atoms with Gasteiger partial charge in [-0.1, -0.05) is 13.3 Å². The summed E-state index contributed by atoms with van der Waals surface area (Å²) in [7, 11) is 0. The minimum Gasteiger partial charge on any atom is -0.478 e. The third-order valence-electron chi connectivity index (χ3n) is 2.04. The second kappa shape index (κ2) is 5.89. The van der Waals surface area contributed by atoms with Crippen molar-refractivity contribution in [2.24, 2.45) is 0 Å². The van der Waals surface area contributed by atoms with E-state index in [0.29, 0.717) is 6.54 Å². The lowest BCUT2D eigenvalue weighted by atomic mass is 10.3. The Morgan fingerprint density at radius 1 is 1.56 bits per heavy atom. The van der Waals surface area contributed by atoms with Gasteiger partial charge >= 0.3 is 5.97 Å². The molecule has 2 N–H and O–H groups in total. The van der Waals surface area contributed by atoms with Gasteiger partial charge in [0.2, 0.25) is 5.91 Å². The smallest absolute Gasteiger partial charge is 0.338 e. The van der Waals surface area contributed by atoms with Crippen LogP contribution in [0, 0.1) is 0 Å². The number of amides is 1. The van der Waals surface area contributed by atoms with Gasteiger partial charge in [-0.2, -0.15) is 5.10 Å². The summed E-state index contributed by atoms with van der Waals surface area (Å²) in [5.74, 6) is -1.20. The van der Waals surface area contributed by atoms with Crippen molar-refractivity contribution in [1.29, 1.82) is 0 Å². The van der Waals surface area contributed by atoms with E-state index in [9.17, 15) is 9.59 Å². The molecule has 0 fully saturated rings. The van der Waals surface area contributed by atoms with E-state index in [1.807, 2.05) is 6.92 Å². The summed E-state index contributed by atoms with van der Waals surface area (Å²) in [5.41, 5.74) is 0.0846. The number of aromatic nitrogens is 2. The highest BCUT2D eigenvalue weighted by Crippen LogP contribution is 1.96. The normalized spacial score (nSPS) is 10.1. The molecule has 0 aliphatic rings. The maximum absolute atomic E-state index is 11.3. The highest BCUT2D eigenvalue weighted by molar-refractivity contribution is 5.87. The van der Waals surface area contributed by atoms with Crippen molar-refractivity contribution in [3.63, 3.8) is 0 Å². The molecule has 0 aliphatic heterocycles. The summed E-state index contributed by atoms with van der Waals surface area (Å²) < 4.78 is 1.31. The van der Waals surface area contributed by atoms with Crippen molar-refractivity contribution in [2.45, 2.75) is 26.3 Å². The Hall–Kier alpha value is -1.85. The van der Waals surface area contributed by atoms with Crippen LogP contribution < -0.4 is 5.32 Å². The van der Waals surface area contributed by atoms with E-state index >= 15 is 0 Å². The Morgan fingerprint density at radius 2 is 2.31 bits per heavy atom. The van der Waals surface area contributed by atoms with Gasteiger partial charge in [-0.25, -0.2) is 4.79 Å². The highest BCUT2D eigenvalue weighted by Gasteiger charge is 2.08. The van der Waals surface area contributed by atoms with Crippen molar-refractivity contribution >= 4 is 11.9 Å². The number of carboxylic acids is 1. The molecule has 0 atom stereocenters. The molecule has 0 unspecified atom stereocenters. The van der Waals surface area contributed by atoms with Gasteiger partial charge in [0.05, 0.1) is 11.8 Å². The van der Waals surface area contributed by atoms with Crippen LogP contribution >= 0.6 is 0 Å². The Bertz CT molecular complexity index is 373. The first kappa shape index (κ1) is 12.2. The SMILES string of the molecule is CCCCNC(=O)Cn1cc(C(=O)O)cn1. The van der Waals surface area contributed by atoms with Crippen molar-refractivity contribution in [2.75, 3.05) is 6.54 Å². The van der Waals surface area contributed by atoms with Crippen molar-refractivity contribution < 1.29 is 14.7 Å². The van der Waals surface area contributed by atoms with E-state index in [0.717, 1.165) is 12.8 Å². The van der Waals surface area contributed by atoms with Gasteiger partial charge < -0.3 is 10.4 Å². The van der Waals surface area contributed by atoms with Crippen LogP contribution in [-0.4, -0.2) is 33.3 Å². The summed E-state index contributed by atoms with van der Waals surface area (Å²) in [6, 6.07) is 0. The van der Waals surface area contributed by atoms with Gasteiger partial charge in [0.15, 0.2) is 0 Å². The number of nitrogens with one attached hydrogen (secondary N) is 1. The zero-order chi connectivity index (χ0) is 12.0. The molecule has 0 aromatic carbocycles. The molecule has 0 bridgehead atoms. The molecule has 1 amide bonds. The lowest BCUT2D eigenvalue weighted by molar-refractivity contribution is -0.121. The third kappa shape index (κ3) is 3.72. The van der Waals surface area contributed by atoms with Gasteiger partial charge in [-0.05, 0) is 6.42 Å². The number of rotatable bonds is 6. The van der Waals surface area contributed by atoms with E-state index < -0.39 is 5.97 Å². The third-order valence-corrected chi connectivity index (χ3v) is 2.04. The van der Waals surface area contributed by atoms with Crippen LogP contribution in [0.15, 0.2) is 12.4 Å². The van der Waals surface area contributed by atoms with Crippen molar-refractivity contribution in [3.8, 4) is 0 Å². The molecule has 1 aromatic rings. The van der Waals surface area contributed by atoms with Crippen LogP contribution in [0.1, 0.15) is 30.1 Å². The Kier molecular flexibility index (Phi) is 4.50. The zero-order valence-electron chi connectivity index (χ0n) is 9.14. The molecule has 1 rings (SSSR count). The molecular formula is C10H15N3O3. The minimum absolute atomic E-state index is 0.0526. The molecule has 0 spiro atoms. The summed E-state index contributed by atoms with van der Waals surface area (Å²) >= 11 is 0. The Balaban J connectivity index is 2.40. The van der Waals surface area contributed by atoms with Crippen LogP contribution in [0.4, 0.5) is 0 Å². The molecule has 0 saturated carbocycles. The number of carboxylic acid groups (broad SMARTS) is 1. The first-order valence-electron chi connectivity index (χ1n) is 5.16. The zero-order valence-corrected chi connectivity index (χ0v) is 9.14. The summed E-state index contributed by atoms with van der Waals surface area (Å²) in [6.45, 7) is 2.73. The topological polar surface area (TPSA) is 84.2 Å². The maximum atomic E-state index is 11.3. The molecule has 0 aliphatic carbocycles. The first-order chi connectivity index (χ1) is 7.63. The number of carbonyl (C=O) groups is 2. The minimum atomic E-state index is -1.04. The summed E-state index contributed by atoms with van der Waals surface area (Å²) in [6.07, 6.45) is 4.51. The van der Waals surface area contributed by atoms with Crippen molar-refractivity contribution in [3.05, 3.63) is 18.0 Å². The predicted molar refractivity (Wildman–Crippen MR) is 57.1 cm³/mol. The highest BCUT2D eigenvalue weighted by atomic mass is 16.4.